The minimum atomic E-state index is -3.51. The fourth-order valence-corrected chi connectivity index (χ4v) is 5.03. The first kappa shape index (κ1) is 20.5. The van der Waals surface area contributed by atoms with E-state index < -0.39 is 10.0 Å². The predicted molar refractivity (Wildman–Crippen MR) is 108 cm³/mol. The molecule has 28 heavy (non-hydrogen) atoms. The second kappa shape index (κ2) is 8.05. The van der Waals surface area contributed by atoms with E-state index in [0.717, 1.165) is 22.5 Å². The number of aryl methyl sites for hydroxylation is 3. The average Bonchev–Trinajstić information content (AvgIpc) is 2.92. The molecule has 1 aromatic carbocycles. The number of carbonyl (C=O) groups is 1. The summed E-state index contributed by atoms with van der Waals surface area (Å²) in [6.07, 6.45) is 1.07. The normalized spacial score (nSPS) is 15.8. The fraction of sp³-hybridized carbons (Fsp3) is 0.500. The van der Waals surface area contributed by atoms with E-state index in [1.54, 1.807) is 29.2 Å². The molecule has 0 radical (unpaired) electrons. The SMILES string of the molecule is Cc1ccc(S(=O)(=O)N2CCN(C(=O)CCc3c(C)nn(C)c3C)CC2)cc1. The van der Waals surface area contributed by atoms with Gasteiger partial charge in [0.2, 0.25) is 15.9 Å². The number of hydrogen-bond acceptors (Lipinski definition) is 4. The molecule has 0 unspecified atom stereocenters. The van der Waals surface area contributed by atoms with Crippen LogP contribution < -0.4 is 0 Å². The zero-order valence-electron chi connectivity index (χ0n) is 17.0. The van der Waals surface area contributed by atoms with Crippen LogP contribution in [-0.4, -0.2) is 59.5 Å². The van der Waals surface area contributed by atoms with E-state index in [2.05, 4.69) is 5.10 Å². The van der Waals surface area contributed by atoms with Crippen molar-refractivity contribution >= 4 is 15.9 Å². The summed E-state index contributed by atoms with van der Waals surface area (Å²) in [6, 6.07) is 6.88. The Morgan fingerprint density at radius 1 is 1.04 bits per heavy atom. The topological polar surface area (TPSA) is 75.5 Å². The van der Waals surface area contributed by atoms with Gasteiger partial charge in [-0.15, -0.1) is 0 Å². The van der Waals surface area contributed by atoms with Gasteiger partial charge in [0.15, 0.2) is 0 Å². The second-order valence-corrected chi connectivity index (χ2v) is 9.31. The van der Waals surface area contributed by atoms with Gasteiger partial charge < -0.3 is 4.90 Å². The molecule has 1 aromatic heterocycles. The summed E-state index contributed by atoms with van der Waals surface area (Å²) in [5.41, 5.74) is 4.19. The summed E-state index contributed by atoms with van der Waals surface area (Å²) < 4.78 is 28.9. The number of hydrogen-bond donors (Lipinski definition) is 0. The van der Waals surface area contributed by atoms with Crippen LogP contribution in [0, 0.1) is 20.8 Å². The van der Waals surface area contributed by atoms with E-state index >= 15 is 0 Å². The Balaban J connectivity index is 1.57. The maximum absolute atomic E-state index is 12.8. The molecule has 3 rings (SSSR count). The fourth-order valence-electron chi connectivity index (χ4n) is 3.61. The molecule has 0 N–H and O–H groups in total. The first-order valence-corrected chi connectivity index (χ1v) is 11.0. The molecule has 1 amide bonds. The number of benzene rings is 1. The van der Waals surface area contributed by atoms with E-state index in [9.17, 15) is 13.2 Å². The molecule has 0 spiro atoms. The van der Waals surface area contributed by atoms with Gasteiger partial charge in [0.05, 0.1) is 10.6 Å². The van der Waals surface area contributed by atoms with Gasteiger partial charge in [-0.3, -0.25) is 9.48 Å². The molecule has 1 aliphatic heterocycles. The van der Waals surface area contributed by atoms with Gasteiger partial charge >= 0.3 is 0 Å². The van der Waals surface area contributed by atoms with Crippen LogP contribution in [0.25, 0.3) is 0 Å². The molecule has 1 aliphatic rings. The van der Waals surface area contributed by atoms with Crippen LogP contribution in [0.5, 0.6) is 0 Å². The van der Waals surface area contributed by atoms with Crippen molar-refractivity contribution in [1.82, 2.24) is 19.0 Å². The van der Waals surface area contributed by atoms with E-state index in [1.807, 2.05) is 32.5 Å². The van der Waals surface area contributed by atoms with Crippen LogP contribution in [0.15, 0.2) is 29.2 Å². The Hall–Kier alpha value is -2.19. The van der Waals surface area contributed by atoms with Crippen LogP contribution in [0.1, 0.15) is 28.9 Å². The smallest absolute Gasteiger partial charge is 0.243 e. The lowest BCUT2D eigenvalue weighted by Gasteiger charge is -2.34. The van der Waals surface area contributed by atoms with Gasteiger partial charge in [0, 0.05) is 45.3 Å². The van der Waals surface area contributed by atoms with E-state index in [0.29, 0.717) is 43.9 Å². The molecule has 1 saturated heterocycles. The highest BCUT2D eigenvalue weighted by molar-refractivity contribution is 7.89. The monoisotopic (exact) mass is 404 g/mol. The molecule has 2 heterocycles. The molecule has 8 heteroatoms. The third kappa shape index (κ3) is 4.12. The Bertz CT molecular complexity index is 956. The standard InChI is InChI=1S/C20H28N4O3S/c1-15-5-7-18(8-6-15)28(26,27)24-13-11-23(12-14-24)20(25)10-9-19-16(2)21-22(4)17(19)3/h5-8H,9-14H2,1-4H3. The van der Waals surface area contributed by atoms with Crippen LogP contribution in [0.3, 0.4) is 0 Å². The number of nitrogens with zero attached hydrogens (tertiary/aromatic N) is 4. The molecule has 0 bridgehead atoms. The molecule has 1 fully saturated rings. The number of carbonyl (C=O) groups excluding carboxylic acids is 1. The molecular formula is C20H28N4O3S. The van der Waals surface area contributed by atoms with Gasteiger partial charge in [-0.05, 0) is 44.9 Å². The van der Waals surface area contributed by atoms with Gasteiger partial charge in [-0.1, -0.05) is 17.7 Å². The number of aromatic nitrogens is 2. The molecule has 152 valence electrons. The Labute approximate surface area is 167 Å². The van der Waals surface area contributed by atoms with Crippen molar-refractivity contribution < 1.29 is 13.2 Å². The lowest BCUT2D eigenvalue weighted by atomic mass is 10.1. The minimum Gasteiger partial charge on any atom is -0.340 e. The second-order valence-electron chi connectivity index (χ2n) is 7.37. The lowest BCUT2D eigenvalue weighted by molar-refractivity contribution is -0.132. The van der Waals surface area contributed by atoms with Crippen molar-refractivity contribution in [2.24, 2.45) is 7.05 Å². The zero-order valence-corrected chi connectivity index (χ0v) is 17.8. The van der Waals surface area contributed by atoms with Gasteiger partial charge in [-0.25, -0.2) is 8.42 Å². The van der Waals surface area contributed by atoms with Crippen molar-refractivity contribution in [3.8, 4) is 0 Å². The summed E-state index contributed by atoms with van der Waals surface area (Å²) in [6.45, 7) is 7.40. The van der Waals surface area contributed by atoms with E-state index in [-0.39, 0.29) is 5.91 Å². The maximum Gasteiger partial charge on any atom is 0.243 e. The molecular weight excluding hydrogens is 376 g/mol. The van der Waals surface area contributed by atoms with Crippen molar-refractivity contribution in [2.75, 3.05) is 26.2 Å². The molecule has 2 aromatic rings. The maximum atomic E-state index is 12.8. The van der Waals surface area contributed by atoms with E-state index in [4.69, 9.17) is 0 Å². The van der Waals surface area contributed by atoms with Gasteiger partial charge in [-0.2, -0.15) is 9.40 Å². The predicted octanol–water partition coefficient (Wildman–Crippen LogP) is 1.81. The summed E-state index contributed by atoms with van der Waals surface area (Å²) in [7, 11) is -1.60. The van der Waals surface area contributed by atoms with Crippen molar-refractivity contribution in [3.05, 3.63) is 46.8 Å². The minimum absolute atomic E-state index is 0.0648. The highest BCUT2D eigenvalue weighted by Gasteiger charge is 2.30. The number of piperazine rings is 1. The Morgan fingerprint density at radius 3 is 2.18 bits per heavy atom. The first-order chi connectivity index (χ1) is 13.2. The van der Waals surface area contributed by atoms with Crippen molar-refractivity contribution in [3.63, 3.8) is 0 Å². The van der Waals surface area contributed by atoms with Crippen LogP contribution in [-0.2, 0) is 28.3 Å². The average molecular weight is 405 g/mol. The number of rotatable bonds is 5. The third-order valence-electron chi connectivity index (χ3n) is 5.50. The Kier molecular flexibility index (Phi) is 5.90. The van der Waals surface area contributed by atoms with Crippen LogP contribution >= 0.6 is 0 Å². The quantitative estimate of drug-likeness (QED) is 0.762. The van der Waals surface area contributed by atoms with Gasteiger partial charge in [0.25, 0.3) is 0 Å². The number of amides is 1. The molecule has 0 atom stereocenters. The van der Waals surface area contributed by atoms with E-state index in [1.165, 1.54) is 4.31 Å². The van der Waals surface area contributed by atoms with Crippen LogP contribution in [0.2, 0.25) is 0 Å². The molecule has 0 saturated carbocycles. The summed E-state index contributed by atoms with van der Waals surface area (Å²) in [5.74, 6) is 0.0648. The zero-order chi connectivity index (χ0) is 20.5. The van der Waals surface area contributed by atoms with Gasteiger partial charge in [0.1, 0.15) is 0 Å². The largest absolute Gasteiger partial charge is 0.340 e. The molecule has 7 nitrogen and oxygen atoms in total. The number of sulfonamides is 1. The van der Waals surface area contributed by atoms with Crippen molar-refractivity contribution in [2.45, 2.75) is 38.5 Å². The summed E-state index contributed by atoms with van der Waals surface area (Å²) in [5, 5.41) is 4.39. The van der Waals surface area contributed by atoms with Crippen LogP contribution in [0.4, 0.5) is 0 Å². The lowest BCUT2D eigenvalue weighted by Crippen LogP contribution is -2.50. The molecule has 0 aliphatic carbocycles. The highest BCUT2D eigenvalue weighted by Crippen LogP contribution is 2.19. The highest BCUT2D eigenvalue weighted by atomic mass is 32.2. The third-order valence-corrected chi connectivity index (χ3v) is 7.41. The first-order valence-electron chi connectivity index (χ1n) is 9.54. The van der Waals surface area contributed by atoms with Crippen molar-refractivity contribution in [1.29, 1.82) is 0 Å². The summed E-state index contributed by atoms with van der Waals surface area (Å²) >= 11 is 0. The Morgan fingerprint density at radius 2 is 1.64 bits per heavy atom. The summed E-state index contributed by atoms with van der Waals surface area (Å²) in [4.78, 5) is 14.7.